The molecule has 4 nitrogen and oxygen atoms in total. The summed E-state index contributed by atoms with van der Waals surface area (Å²) in [7, 11) is 0. The van der Waals surface area contributed by atoms with Gasteiger partial charge in [-0.25, -0.2) is 4.39 Å². The van der Waals surface area contributed by atoms with Crippen molar-refractivity contribution in [2.75, 3.05) is 0 Å². The van der Waals surface area contributed by atoms with Gasteiger partial charge in [0.05, 0.1) is 0 Å². The molecule has 1 amide bonds. The summed E-state index contributed by atoms with van der Waals surface area (Å²) in [5.74, 6) is -0.553. The lowest BCUT2D eigenvalue weighted by Gasteiger charge is -2.08. The molecule has 0 aliphatic rings. The summed E-state index contributed by atoms with van der Waals surface area (Å²) < 4.78 is 15.2. The van der Waals surface area contributed by atoms with E-state index in [1.807, 2.05) is 0 Å². The zero-order valence-electron chi connectivity index (χ0n) is 11.4. The molecule has 1 aromatic carbocycles. The number of carbonyl (C=O) groups is 1. The molecule has 6 heteroatoms. The SMILES string of the molecule is Cc1cc(CNC(=O)Cn2cc(Br)ccc2=O)ccc1F. The molecule has 0 saturated heterocycles. The minimum atomic E-state index is -0.280. The lowest BCUT2D eigenvalue weighted by Crippen LogP contribution is -2.31. The molecule has 2 aromatic rings. The molecule has 0 aliphatic carbocycles. The van der Waals surface area contributed by atoms with E-state index < -0.39 is 0 Å². The van der Waals surface area contributed by atoms with Gasteiger partial charge in [0, 0.05) is 23.3 Å². The van der Waals surface area contributed by atoms with Gasteiger partial charge in [-0.3, -0.25) is 9.59 Å². The van der Waals surface area contributed by atoms with Gasteiger partial charge in [-0.05, 0) is 46.1 Å². The van der Waals surface area contributed by atoms with Crippen molar-refractivity contribution in [3.05, 3.63) is 68.3 Å². The highest BCUT2D eigenvalue weighted by Crippen LogP contribution is 2.09. The predicted molar refractivity (Wildman–Crippen MR) is 81.4 cm³/mol. The van der Waals surface area contributed by atoms with Crippen molar-refractivity contribution in [1.82, 2.24) is 9.88 Å². The van der Waals surface area contributed by atoms with E-state index >= 15 is 0 Å². The van der Waals surface area contributed by atoms with E-state index in [0.717, 1.165) is 10.0 Å². The Labute approximate surface area is 129 Å². The Balaban J connectivity index is 1.97. The molecule has 1 aromatic heterocycles. The Morgan fingerprint density at radius 2 is 2.10 bits per heavy atom. The molecule has 21 heavy (non-hydrogen) atoms. The van der Waals surface area contributed by atoms with Crippen LogP contribution < -0.4 is 10.9 Å². The van der Waals surface area contributed by atoms with E-state index in [0.29, 0.717) is 12.1 Å². The summed E-state index contributed by atoms with van der Waals surface area (Å²) in [4.78, 5) is 23.4. The van der Waals surface area contributed by atoms with Gasteiger partial charge < -0.3 is 9.88 Å². The number of amides is 1. The van der Waals surface area contributed by atoms with Crippen LogP contribution in [0.15, 0.2) is 45.8 Å². The molecule has 0 aliphatic heterocycles. The third-order valence-electron chi connectivity index (χ3n) is 2.97. The van der Waals surface area contributed by atoms with Crippen LogP contribution in [0.4, 0.5) is 4.39 Å². The maximum atomic E-state index is 13.1. The first kappa shape index (κ1) is 15.4. The Bertz CT molecular complexity index is 728. The first-order valence-electron chi connectivity index (χ1n) is 6.33. The second kappa shape index (κ2) is 6.67. The number of benzene rings is 1. The lowest BCUT2D eigenvalue weighted by atomic mass is 10.1. The van der Waals surface area contributed by atoms with E-state index in [2.05, 4.69) is 21.2 Å². The maximum Gasteiger partial charge on any atom is 0.251 e. The maximum absolute atomic E-state index is 13.1. The highest BCUT2D eigenvalue weighted by atomic mass is 79.9. The fourth-order valence-corrected chi connectivity index (χ4v) is 2.23. The smallest absolute Gasteiger partial charge is 0.251 e. The average molecular weight is 353 g/mol. The molecular formula is C15H14BrFN2O2. The highest BCUT2D eigenvalue weighted by Gasteiger charge is 2.06. The number of hydrogen-bond acceptors (Lipinski definition) is 2. The van der Waals surface area contributed by atoms with E-state index in [9.17, 15) is 14.0 Å². The van der Waals surface area contributed by atoms with Gasteiger partial charge in [-0.1, -0.05) is 12.1 Å². The summed E-state index contributed by atoms with van der Waals surface area (Å²) in [5.41, 5.74) is 1.10. The van der Waals surface area contributed by atoms with Gasteiger partial charge >= 0.3 is 0 Å². The van der Waals surface area contributed by atoms with Crippen molar-refractivity contribution in [2.45, 2.75) is 20.0 Å². The first-order chi connectivity index (χ1) is 9.95. The zero-order valence-corrected chi connectivity index (χ0v) is 13.0. The third kappa shape index (κ3) is 4.26. The van der Waals surface area contributed by atoms with Gasteiger partial charge in [0.25, 0.3) is 5.56 Å². The topological polar surface area (TPSA) is 51.1 Å². The Hall–Kier alpha value is -1.95. The molecule has 110 valence electrons. The monoisotopic (exact) mass is 352 g/mol. The summed E-state index contributed by atoms with van der Waals surface area (Å²) in [6, 6.07) is 7.68. The minimum absolute atomic E-state index is 0.0571. The lowest BCUT2D eigenvalue weighted by molar-refractivity contribution is -0.121. The quantitative estimate of drug-likeness (QED) is 0.918. The van der Waals surface area contributed by atoms with Crippen LogP contribution >= 0.6 is 15.9 Å². The second-order valence-electron chi connectivity index (χ2n) is 4.67. The Kier molecular flexibility index (Phi) is 4.90. The van der Waals surface area contributed by atoms with Crippen LogP contribution in [0, 0.1) is 12.7 Å². The number of halogens is 2. The Morgan fingerprint density at radius 1 is 1.33 bits per heavy atom. The molecule has 0 radical (unpaired) electrons. The van der Waals surface area contributed by atoms with Crippen molar-refractivity contribution >= 4 is 21.8 Å². The average Bonchev–Trinajstić information content (AvgIpc) is 2.44. The normalized spacial score (nSPS) is 10.4. The molecule has 0 bridgehead atoms. The first-order valence-corrected chi connectivity index (χ1v) is 7.13. The predicted octanol–water partition coefficient (Wildman–Crippen LogP) is 2.37. The van der Waals surface area contributed by atoms with Gasteiger partial charge in [0.1, 0.15) is 12.4 Å². The van der Waals surface area contributed by atoms with Gasteiger partial charge in [-0.15, -0.1) is 0 Å². The number of rotatable bonds is 4. The van der Waals surface area contributed by atoms with Crippen LogP contribution in [0.5, 0.6) is 0 Å². The summed E-state index contributed by atoms with van der Waals surface area (Å²) in [6.07, 6.45) is 1.56. The van der Waals surface area contributed by atoms with Gasteiger partial charge in [0.2, 0.25) is 5.91 Å². The van der Waals surface area contributed by atoms with Gasteiger partial charge in [0.15, 0.2) is 0 Å². The zero-order chi connectivity index (χ0) is 15.4. The Morgan fingerprint density at radius 3 is 2.81 bits per heavy atom. The molecule has 0 atom stereocenters. The largest absolute Gasteiger partial charge is 0.350 e. The van der Waals surface area contributed by atoms with E-state index in [4.69, 9.17) is 0 Å². The van der Waals surface area contributed by atoms with Crippen LogP contribution in [0.3, 0.4) is 0 Å². The van der Waals surface area contributed by atoms with Crippen LogP contribution in [-0.2, 0) is 17.9 Å². The highest BCUT2D eigenvalue weighted by molar-refractivity contribution is 9.10. The van der Waals surface area contributed by atoms with Crippen LogP contribution in [0.1, 0.15) is 11.1 Å². The minimum Gasteiger partial charge on any atom is -0.350 e. The number of aryl methyl sites for hydroxylation is 1. The number of nitrogens with one attached hydrogen (secondary N) is 1. The molecule has 0 unspecified atom stereocenters. The summed E-state index contributed by atoms with van der Waals surface area (Å²) in [6.45, 7) is 1.91. The molecular weight excluding hydrogens is 339 g/mol. The molecule has 0 spiro atoms. The van der Waals surface area contributed by atoms with E-state index in [1.54, 1.807) is 31.3 Å². The molecule has 1 heterocycles. The van der Waals surface area contributed by atoms with Crippen molar-refractivity contribution < 1.29 is 9.18 Å². The fraction of sp³-hybridized carbons (Fsp3) is 0.200. The standard InChI is InChI=1S/C15H14BrFN2O2/c1-10-6-11(2-4-13(10)17)7-18-14(20)9-19-8-12(16)3-5-15(19)21/h2-6,8H,7,9H2,1H3,(H,18,20). The summed E-state index contributed by atoms with van der Waals surface area (Å²) >= 11 is 3.25. The van der Waals surface area contributed by atoms with Crippen LogP contribution in [-0.4, -0.2) is 10.5 Å². The third-order valence-corrected chi connectivity index (χ3v) is 3.44. The van der Waals surface area contributed by atoms with Crippen molar-refractivity contribution in [3.63, 3.8) is 0 Å². The number of pyridine rings is 1. The second-order valence-corrected chi connectivity index (χ2v) is 5.59. The molecule has 0 fully saturated rings. The van der Waals surface area contributed by atoms with Crippen LogP contribution in [0.25, 0.3) is 0 Å². The molecule has 2 rings (SSSR count). The molecule has 1 N–H and O–H groups in total. The summed E-state index contributed by atoms with van der Waals surface area (Å²) in [5, 5.41) is 2.70. The number of carbonyl (C=O) groups excluding carboxylic acids is 1. The van der Waals surface area contributed by atoms with E-state index in [-0.39, 0.29) is 23.8 Å². The number of hydrogen-bond donors (Lipinski definition) is 1. The van der Waals surface area contributed by atoms with Crippen molar-refractivity contribution in [3.8, 4) is 0 Å². The number of aromatic nitrogens is 1. The van der Waals surface area contributed by atoms with E-state index in [1.165, 1.54) is 16.7 Å². The fourth-order valence-electron chi connectivity index (χ4n) is 1.85. The number of nitrogens with zero attached hydrogens (tertiary/aromatic N) is 1. The van der Waals surface area contributed by atoms with Gasteiger partial charge in [-0.2, -0.15) is 0 Å². The van der Waals surface area contributed by atoms with Crippen molar-refractivity contribution in [1.29, 1.82) is 0 Å². The van der Waals surface area contributed by atoms with Crippen molar-refractivity contribution in [2.24, 2.45) is 0 Å². The van der Waals surface area contributed by atoms with Crippen LogP contribution in [0.2, 0.25) is 0 Å². The molecule has 0 saturated carbocycles.